The van der Waals surface area contributed by atoms with Crippen LogP contribution in [0, 0.1) is 0 Å². The van der Waals surface area contributed by atoms with Crippen LogP contribution in [0.15, 0.2) is 0 Å². The highest BCUT2D eigenvalue weighted by Crippen LogP contribution is 1.94. The third kappa shape index (κ3) is 49.4. The SMILES string of the molecule is COCCOCCOCCOCCOCCOCCOCCOCCOCC(CO)OCCOCCOCCOCCOCCOCCOCCOCCOC. The van der Waals surface area contributed by atoms with Crippen molar-refractivity contribution in [2.24, 2.45) is 0 Å². The van der Waals surface area contributed by atoms with Gasteiger partial charge in [0.25, 0.3) is 0 Å². The van der Waals surface area contributed by atoms with Crippen LogP contribution in [0.1, 0.15) is 0 Å². The molecule has 0 saturated heterocycles. The largest absolute Gasteiger partial charge is 0.394 e. The van der Waals surface area contributed by atoms with E-state index in [1.54, 1.807) is 14.2 Å². The minimum atomic E-state index is -0.430. The Balaban J connectivity index is 3.22. The first-order chi connectivity index (χ1) is 27.8. The molecule has 338 valence electrons. The first-order valence-electron chi connectivity index (χ1n) is 19.7. The minimum absolute atomic E-state index is 0.148. The molecule has 1 unspecified atom stereocenters. The molecule has 0 aromatic rings. The fourth-order valence-electron chi connectivity index (χ4n) is 3.89. The molecule has 0 spiro atoms. The zero-order valence-electron chi connectivity index (χ0n) is 34.4. The van der Waals surface area contributed by atoms with E-state index >= 15 is 0 Å². The second kappa shape index (κ2) is 52.3. The quantitative estimate of drug-likeness (QED) is 0.0802. The molecule has 0 radical (unpaired) electrons. The van der Waals surface area contributed by atoms with Crippen molar-refractivity contribution in [2.75, 3.05) is 239 Å². The number of hydrogen-bond acceptors (Lipinski definition) is 19. The molecule has 0 aliphatic carbocycles. The Morgan fingerprint density at radius 3 is 0.625 bits per heavy atom. The summed E-state index contributed by atoms with van der Waals surface area (Å²) in [6, 6.07) is 0. The van der Waals surface area contributed by atoms with Crippen molar-refractivity contribution in [1.29, 1.82) is 0 Å². The van der Waals surface area contributed by atoms with Gasteiger partial charge in [0.1, 0.15) is 6.10 Å². The van der Waals surface area contributed by atoms with Crippen LogP contribution in [-0.2, 0) is 85.3 Å². The maximum Gasteiger partial charge on any atom is 0.104 e. The summed E-state index contributed by atoms with van der Waals surface area (Å²) in [5.41, 5.74) is 0. The number of aliphatic hydroxyl groups is 1. The summed E-state index contributed by atoms with van der Waals surface area (Å²) in [7, 11) is 3.28. The zero-order valence-corrected chi connectivity index (χ0v) is 34.4. The van der Waals surface area contributed by atoms with Crippen molar-refractivity contribution in [3.63, 3.8) is 0 Å². The predicted octanol–water partition coefficient (Wildman–Crippen LogP) is -0.0943. The molecule has 0 aliphatic rings. The first kappa shape index (κ1) is 55.2. The molecule has 0 aromatic heterocycles. The van der Waals surface area contributed by atoms with Crippen LogP contribution in [-0.4, -0.2) is 250 Å². The molecule has 0 bridgehead atoms. The van der Waals surface area contributed by atoms with Crippen molar-refractivity contribution in [1.82, 2.24) is 0 Å². The van der Waals surface area contributed by atoms with Gasteiger partial charge < -0.3 is 90.4 Å². The standard InChI is InChI=1S/C37H76O19/c1-39-3-5-41-7-9-43-11-13-45-15-17-47-19-20-49-23-24-51-27-28-53-31-32-55-36-37(35-38)56-34-33-54-30-29-52-26-25-50-22-21-48-18-16-46-14-12-44-10-8-42-6-4-40-2/h37-38H,3-36H2,1-2H3. The Morgan fingerprint density at radius 1 is 0.250 bits per heavy atom. The van der Waals surface area contributed by atoms with E-state index in [0.717, 1.165) is 0 Å². The van der Waals surface area contributed by atoms with Crippen molar-refractivity contribution in [3.8, 4) is 0 Å². The van der Waals surface area contributed by atoms with E-state index in [-0.39, 0.29) is 13.2 Å². The summed E-state index contributed by atoms with van der Waals surface area (Å²) >= 11 is 0. The van der Waals surface area contributed by atoms with Crippen LogP contribution >= 0.6 is 0 Å². The maximum atomic E-state index is 9.52. The Kier molecular flexibility index (Phi) is 51.5. The van der Waals surface area contributed by atoms with Crippen molar-refractivity contribution in [3.05, 3.63) is 0 Å². The van der Waals surface area contributed by atoms with Crippen molar-refractivity contribution >= 4 is 0 Å². The van der Waals surface area contributed by atoms with E-state index in [2.05, 4.69) is 0 Å². The van der Waals surface area contributed by atoms with Gasteiger partial charge in [-0.1, -0.05) is 0 Å². The van der Waals surface area contributed by atoms with E-state index in [1.807, 2.05) is 0 Å². The molecular weight excluding hydrogens is 748 g/mol. The van der Waals surface area contributed by atoms with Gasteiger partial charge >= 0.3 is 0 Å². The molecule has 0 saturated carbocycles. The smallest absolute Gasteiger partial charge is 0.104 e. The van der Waals surface area contributed by atoms with Gasteiger partial charge in [-0.3, -0.25) is 0 Å². The Labute approximate surface area is 335 Å². The van der Waals surface area contributed by atoms with E-state index in [1.165, 1.54) is 0 Å². The summed E-state index contributed by atoms with van der Waals surface area (Å²) in [4.78, 5) is 0. The second-order valence-corrected chi connectivity index (χ2v) is 11.3. The zero-order chi connectivity index (χ0) is 40.3. The lowest BCUT2D eigenvalue weighted by molar-refractivity contribution is -0.0713. The molecule has 0 heterocycles. The van der Waals surface area contributed by atoms with Crippen LogP contribution in [0.2, 0.25) is 0 Å². The highest BCUT2D eigenvalue weighted by molar-refractivity contribution is 4.54. The number of rotatable bonds is 52. The van der Waals surface area contributed by atoms with E-state index < -0.39 is 6.10 Å². The topological polar surface area (TPSA) is 186 Å². The number of ether oxygens (including phenoxy) is 18. The fraction of sp³-hybridized carbons (Fsp3) is 1.00. The lowest BCUT2D eigenvalue weighted by Gasteiger charge is -2.16. The van der Waals surface area contributed by atoms with Crippen LogP contribution in [0.5, 0.6) is 0 Å². The van der Waals surface area contributed by atoms with E-state index in [9.17, 15) is 5.11 Å². The normalized spacial score (nSPS) is 12.3. The van der Waals surface area contributed by atoms with Crippen LogP contribution in [0.4, 0.5) is 0 Å². The Hall–Kier alpha value is -0.760. The average molecular weight is 825 g/mol. The second-order valence-electron chi connectivity index (χ2n) is 11.3. The van der Waals surface area contributed by atoms with Gasteiger partial charge in [0.15, 0.2) is 0 Å². The molecule has 19 heteroatoms. The Morgan fingerprint density at radius 2 is 0.429 bits per heavy atom. The molecule has 0 aromatic carbocycles. The van der Waals surface area contributed by atoms with Crippen molar-refractivity contribution in [2.45, 2.75) is 6.10 Å². The first-order valence-corrected chi connectivity index (χ1v) is 19.7. The lowest BCUT2D eigenvalue weighted by Crippen LogP contribution is -2.27. The average Bonchev–Trinajstić information content (AvgIpc) is 3.21. The third-order valence-electron chi connectivity index (χ3n) is 6.79. The minimum Gasteiger partial charge on any atom is -0.394 e. The maximum absolute atomic E-state index is 9.52. The van der Waals surface area contributed by atoms with Gasteiger partial charge in [-0.2, -0.15) is 0 Å². The highest BCUT2D eigenvalue weighted by atomic mass is 16.6. The molecule has 1 atom stereocenters. The van der Waals surface area contributed by atoms with Gasteiger partial charge in [-0.25, -0.2) is 0 Å². The monoisotopic (exact) mass is 824 g/mol. The summed E-state index contributed by atoms with van der Waals surface area (Å²) in [6.07, 6.45) is -0.430. The van der Waals surface area contributed by atoms with Gasteiger partial charge in [0.2, 0.25) is 0 Å². The van der Waals surface area contributed by atoms with Gasteiger partial charge in [0.05, 0.1) is 225 Å². The fourth-order valence-corrected chi connectivity index (χ4v) is 3.89. The van der Waals surface area contributed by atoms with Gasteiger partial charge in [-0.15, -0.1) is 0 Å². The summed E-state index contributed by atoms with van der Waals surface area (Å²) in [5, 5.41) is 9.52. The molecule has 0 aliphatic heterocycles. The summed E-state index contributed by atoms with van der Waals surface area (Å²) < 4.78 is 97.1. The molecule has 0 rings (SSSR count). The molecular formula is C37H76O19. The summed E-state index contributed by atoms with van der Waals surface area (Å²) in [6.45, 7) is 15.9. The highest BCUT2D eigenvalue weighted by Gasteiger charge is 2.08. The molecule has 0 amide bonds. The molecule has 19 nitrogen and oxygen atoms in total. The number of methoxy groups -OCH3 is 2. The molecule has 0 fully saturated rings. The Bertz CT molecular complexity index is 688. The van der Waals surface area contributed by atoms with E-state index in [0.29, 0.717) is 211 Å². The van der Waals surface area contributed by atoms with Gasteiger partial charge in [-0.05, 0) is 0 Å². The van der Waals surface area contributed by atoms with E-state index in [4.69, 9.17) is 85.3 Å². The van der Waals surface area contributed by atoms with Crippen LogP contribution < -0.4 is 0 Å². The van der Waals surface area contributed by atoms with Gasteiger partial charge in [0, 0.05) is 14.2 Å². The third-order valence-corrected chi connectivity index (χ3v) is 6.79. The van der Waals surface area contributed by atoms with Crippen LogP contribution in [0.3, 0.4) is 0 Å². The van der Waals surface area contributed by atoms with Crippen LogP contribution in [0.25, 0.3) is 0 Å². The van der Waals surface area contributed by atoms with Crippen molar-refractivity contribution < 1.29 is 90.4 Å². The number of aliphatic hydroxyl groups excluding tert-OH is 1. The molecule has 1 N–H and O–H groups in total. The predicted molar refractivity (Wildman–Crippen MR) is 203 cm³/mol. The lowest BCUT2D eigenvalue weighted by atomic mass is 10.4. The molecule has 56 heavy (non-hydrogen) atoms. The summed E-state index contributed by atoms with van der Waals surface area (Å²) in [5.74, 6) is 0. The number of hydrogen-bond donors (Lipinski definition) is 1.